The Morgan fingerprint density at radius 1 is 1.70 bits per heavy atom. The molecule has 0 saturated heterocycles. The highest BCUT2D eigenvalue weighted by molar-refractivity contribution is 4.86. The van der Waals surface area contributed by atoms with Gasteiger partial charge in [0.2, 0.25) is 0 Å². The van der Waals surface area contributed by atoms with E-state index in [1.165, 1.54) is 6.42 Å². The third-order valence-corrected chi connectivity index (χ3v) is 1.44. The standard InChI is InChI=1S/C7H15N3/c1-2-3-8-6-10-5-4-9-7-10/h4-5,8-9H,2-3,6-7H2,1H3. The quantitative estimate of drug-likeness (QED) is 0.551. The van der Waals surface area contributed by atoms with Crippen molar-refractivity contribution in [1.82, 2.24) is 15.5 Å². The topological polar surface area (TPSA) is 27.3 Å². The molecule has 2 N–H and O–H groups in total. The van der Waals surface area contributed by atoms with Gasteiger partial charge in [0, 0.05) is 12.4 Å². The number of nitrogens with one attached hydrogen (secondary N) is 2. The summed E-state index contributed by atoms with van der Waals surface area (Å²) in [5, 5.41) is 6.42. The third kappa shape index (κ3) is 2.27. The highest BCUT2D eigenvalue weighted by Crippen LogP contribution is 1.90. The van der Waals surface area contributed by atoms with Crippen molar-refractivity contribution in [2.24, 2.45) is 0 Å². The summed E-state index contributed by atoms with van der Waals surface area (Å²) < 4.78 is 0. The minimum Gasteiger partial charge on any atom is -0.372 e. The van der Waals surface area contributed by atoms with E-state index in [1.54, 1.807) is 0 Å². The highest BCUT2D eigenvalue weighted by Gasteiger charge is 1.99. The number of hydrogen-bond acceptors (Lipinski definition) is 3. The van der Waals surface area contributed by atoms with E-state index in [0.717, 1.165) is 19.9 Å². The first kappa shape index (κ1) is 7.41. The summed E-state index contributed by atoms with van der Waals surface area (Å²) in [6, 6.07) is 0. The Hall–Kier alpha value is -0.700. The largest absolute Gasteiger partial charge is 0.372 e. The Morgan fingerprint density at radius 3 is 3.20 bits per heavy atom. The van der Waals surface area contributed by atoms with Crippen LogP contribution in [0.25, 0.3) is 0 Å². The Bertz CT molecular complexity index is 111. The second kappa shape index (κ2) is 4.17. The molecular weight excluding hydrogens is 126 g/mol. The van der Waals surface area contributed by atoms with Crippen molar-refractivity contribution in [3.8, 4) is 0 Å². The van der Waals surface area contributed by atoms with Gasteiger partial charge >= 0.3 is 0 Å². The van der Waals surface area contributed by atoms with Gasteiger partial charge in [-0.2, -0.15) is 0 Å². The van der Waals surface area contributed by atoms with Crippen LogP contribution < -0.4 is 10.6 Å². The molecule has 1 rings (SSSR count). The van der Waals surface area contributed by atoms with Crippen LogP contribution in [-0.2, 0) is 0 Å². The molecule has 0 fully saturated rings. The van der Waals surface area contributed by atoms with Crippen LogP contribution in [0.2, 0.25) is 0 Å². The molecule has 1 aliphatic heterocycles. The number of hydrogen-bond donors (Lipinski definition) is 2. The Labute approximate surface area is 62.1 Å². The summed E-state index contributed by atoms with van der Waals surface area (Å²) >= 11 is 0. The molecule has 0 aromatic heterocycles. The monoisotopic (exact) mass is 141 g/mol. The zero-order chi connectivity index (χ0) is 7.23. The summed E-state index contributed by atoms with van der Waals surface area (Å²) in [7, 11) is 0. The van der Waals surface area contributed by atoms with Crippen molar-refractivity contribution in [2.45, 2.75) is 13.3 Å². The summed E-state index contributed by atoms with van der Waals surface area (Å²) in [5.41, 5.74) is 0. The predicted octanol–water partition coefficient (Wildman–Crippen LogP) is 0.277. The van der Waals surface area contributed by atoms with E-state index in [2.05, 4.69) is 28.7 Å². The van der Waals surface area contributed by atoms with Gasteiger partial charge in [-0.15, -0.1) is 0 Å². The van der Waals surface area contributed by atoms with E-state index in [0.29, 0.717) is 0 Å². The molecule has 0 radical (unpaired) electrons. The summed E-state index contributed by atoms with van der Waals surface area (Å²) in [4.78, 5) is 2.19. The molecule has 1 heterocycles. The summed E-state index contributed by atoms with van der Waals surface area (Å²) in [5.74, 6) is 0. The Morgan fingerprint density at radius 2 is 2.60 bits per heavy atom. The molecule has 0 aromatic carbocycles. The molecule has 58 valence electrons. The summed E-state index contributed by atoms with van der Waals surface area (Å²) in [6.07, 6.45) is 5.22. The van der Waals surface area contributed by atoms with Gasteiger partial charge in [0.15, 0.2) is 0 Å². The summed E-state index contributed by atoms with van der Waals surface area (Å²) in [6.45, 7) is 5.17. The van der Waals surface area contributed by atoms with Crippen molar-refractivity contribution in [3.63, 3.8) is 0 Å². The first-order valence-corrected chi connectivity index (χ1v) is 3.78. The normalized spacial score (nSPS) is 15.9. The molecule has 3 heteroatoms. The maximum Gasteiger partial charge on any atom is 0.0879 e. The maximum absolute atomic E-state index is 3.31. The molecule has 0 amide bonds. The maximum atomic E-state index is 3.31. The average molecular weight is 141 g/mol. The molecule has 0 bridgehead atoms. The molecule has 0 atom stereocenters. The van der Waals surface area contributed by atoms with Crippen molar-refractivity contribution in [2.75, 3.05) is 19.9 Å². The smallest absolute Gasteiger partial charge is 0.0879 e. The molecule has 0 aromatic rings. The van der Waals surface area contributed by atoms with Crippen molar-refractivity contribution in [1.29, 1.82) is 0 Å². The van der Waals surface area contributed by atoms with Gasteiger partial charge < -0.3 is 10.2 Å². The van der Waals surface area contributed by atoms with Crippen LogP contribution in [0.5, 0.6) is 0 Å². The van der Waals surface area contributed by atoms with E-state index in [1.807, 2.05) is 6.20 Å². The van der Waals surface area contributed by atoms with Crippen LogP contribution in [0.15, 0.2) is 12.4 Å². The van der Waals surface area contributed by atoms with Crippen LogP contribution in [0.4, 0.5) is 0 Å². The van der Waals surface area contributed by atoms with Crippen LogP contribution in [-0.4, -0.2) is 24.8 Å². The zero-order valence-corrected chi connectivity index (χ0v) is 6.43. The number of rotatable bonds is 4. The molecular formula is C7H15N3. The van der Waals surface area contributed by atoms with E-state index < -0.39 is 0 Å². The molecule has 10 heavy (non-hydrogen) atoms. The zero-order valence-electron chi connectivity index (χ0n) is 6.43. The lowest BCUT2D eigenvalue weighted by Crippen LogP contribution is -2.31. The van der Waals surface area contributed by atoms with Crippen molar-refractivity contribution >= 4 is 0 Å². The minimum absolute atomic E-state index is 0.941. The van der Waals surface area contributed by atoms with Crippen LogP contribution in [0.1, 0.15) is 13.3 Å². The van der Waals surface area contributed by atoms with Crippen molar-refractivity contribution in [3.05, 3.63) is 12.4 Å². The first-order valence-electron chi connectivity index (χ1n) is 3.78. The van der Waals surface area contributed by atoms with E-state index in [4.69, 9.17) is 0 Å². The van der Waals surface area contributed by atoms with Gasteiger partial charge in [0.25, 0.3) is 0 Å². The van der Waals surface area contributed by atoms with Gasteiger partial charge in [-0.25, -0.2) is 0 Å². The highest BCUT2D eigenvalue weighted by atomic mass is 15.3. The second-order valence-corrected chi connectivity index (χ2v) is 2.42. The molecule has 0 unspecified atom stereocenters. The lowest BCUT2D eigenvalue weighted by atomic mass is 10.5. The lowest BCUT2D eigenvalue weighted by Gasteiger charge is -2.14. The molecule has 1 aliphatic rings. The fraction of sp³-hybridized carbons (Fsp3) is 0.714. The second-order valence-electron chi connectivity index (χ2n) is 2.42. The molecule has 0 spiro atoms. The molecule has 0 aliphatic carbocycles. The predicted molar refractivity (Wildman–Crippen MR) is 42.1 cm³/mol. The average Bonchev–Trinajstić information content (AvgIpc) is 2.41. The van der Waals surface area contributed by atoms with E-state index >= 15 is 0 Å². The van der Waals surface area contributed by atoms with Gasteiger partial charge in [-0.1, -0.05) is 6.92 Å². The van der Waals surface area contributed by atoms with E-state index in [-0.39, 0.29) is 0 Å². The lowest BCUT2D eigenvalue weighted by molar-refractivity contribution is 0.357. The molecule has 0 saturated carbocycles. The Balaban J connectivity index is 1.97. The van der Waals surface area contributed by atoms with Crippen LogP contribution in [0.3, 0.4) is 0 Å². The van der Waals surface area contributed by atoms with E-state index in [9.17, 15) is 0 Å². The van der Waals surface area contributed by atoms with Crippen LogP contribution >= 0.6 is 0 Å². The van der Waals surface area contributed by atoms with Gasteiger partial charge in [0.05, 0.1) is 13.3 Å². The van der Waals surface area contributed by atoms with Gasteiger partial charge in [-0.3, -0.25) is 5.32 Å². The third-order valence-electron chi connectivity index (χ3n) is 1.44. The van der Waals surface area contributed by atoms with Gasteiger partial charge in [-0.05, 0) is 13.0 Å². The minimum atomic E-state index is 0.941. The van der Waals surface area contributed by atoms with Crippen LogP contribution in [0, 0.1) is 0 Å². The Kier molecular flexibility index (Phi) is 3.09. The van der Waals surface area contributed by atoms with Gasteiger partial charge in [0.1, 0.15) is 0 Å². The first-order chi connectivity index (χ1) is 4.93. The fourth-order valence-electron chi connectivity index (χ4n) is 0.889. The molecule has 3 nitrogen and oxygen atoms in total. The fourth-order valence-corrected chi connectivity index (χ4v) is 0.889. The SMILES string of the molecule is CCCNCN1C=CNC1. The number of nitrogens with zero attached hydrogens (tertiary/aromatic N) is 1. The van der Waals surface area contributed by atoms with Crippen molar-refractivity contribution < 1.29 is 0 Å².